The largest absolute Gasteiger partial charge is 0.510 e. The maximum absolute atomic E-state index is 10.2. The molecule has 13 aromatic rings. The number of ether oxygens (including phenoxy) is 1. The van der Waals surface area contributed by atoms with Gasteiger partial charge in [-0.25, -0.2) is 4.98 Å². The molecule has 0 fully saturated rings. The SMILES string of the molecule is [2H]c1c([2H])c([2H])c(-c2cc(C(C)(C)C)c(-[n+]3[c-]n(-c4[c-]c(Oc5[c-]c6c(cc5)c5ccccc5n6-c5cc(C(C)(C)C)ccn5)ccc4)c4cc(-c5ccc(C(C)(C)C)cc5)ccc43)c([Si](c3c([2H])c([2H])c([2H])c([2H])c3[2H])(c3c([2H])c([2H])c([2H])c([2H])c3[2H])c3c([2H])c([2H])c([2H])c([2H])c3[2H])c2)c([2H])c1[2H].[Pt]. The molecule has 422 valence electrons. The minimum Gasteiger partial charge on any atom is -0.510 e. The normalized spacial score (nSPS) is 15.5. The molecule has 0 bridgehead atoms. The van der Waals surface area contributed by atoms with Crippen LogP contribution in [0.4, 0.5) is 0 Å². The van der Waals surface area contributed by atoms with Crippen molar-refractivity contribution in [2.75, 3.05) is 0 Å². The number of hydrogen-bond donors (Lipinski definition) is 0. The molecule has 3 aromatic heterocycles. The van der Waals surface area contributed by atoms with Crippen LogP contribution >= 0.6 is 0 Å². The number of pyridine rings is 1. The fraction of sp³-hybridized carbons (Fsp3) is 0.154. The molecule has 13 rings (SSSR count). The zero-order chi connectivity index (χ0) is 75.4. The van der Waals surface area contributed by atoms with Gasteiger partial charge in [0.2, 0.25) is 0 Å². The summed E-state index contributed by atoms with van der Waals surface area (Å²) in [5, 5.41) is -0.960. The third-order valence-electron chi connectivity index (χ3n) is 15.3. The van der Waals surface area contributed by atoms with Crippen molar-refractivity contribution in [1.29, 1.82) is 0 Å². The van der Waals surface area contributed by atoms with Crippen LogP contribution in [0.25, 0.3) is 72.3 Å². The minimum atomic E-state index is -6.20. The molecule has 3 heterocycles. The number of fused-ring (bicyclic) bond motifs is 4. The molecule has 0 aliphatic rings. The topological polar surface area (TPSA) is 35.9 Å². The molecule has 10 aromatic carbocycles. The van der Waals surface area contributed by atoms with E-state index in [2.05, 4.69) is 66.1 Å². The number of aromatic nitrogens is 4. The fourth-order valence-corrected chi connectivity index (χ4v) is 15.1. The standard InChI is InChI=1S/C78H68N4OSi.Pt/c1-76(2,3)58-40-37-55(38-41-58)56-39-44-70-72(48-56)80(60-27-24-28-61(51-60)83-62-42-43-67-66-35-22-23-36-69(66)82(71(67)52-62)74-50-59(45-46-79-74)77(4,5)6)53-81(70)75-68(78(7,8)9)47-57(54-25-14-10-15-26-54)49-73(75)84(63-29-16-11-17-30-63,64-31-18-12-19-32-64)65-33-20-13-21-34-65;/h10-50H,1-9H3;/q-2;/i10D,11D,12D,13D,14D,15D,16D,17D,18D,19D,20D,21D,25D,26D,29D,30D,31D,32D,33D,34D;. The second-order valence-electron chi connectivity index (χ2n) is 23.8. The van der Waals surface area contributed by atoms with E-state index in [4.69, 9.17) is 17.9 Å². The van der Waals surface area contributed by atoms with Crippen LogP contribution in [0.5, 0.6) is 11.5 Å². The van der Waals surface area contributed by atoms with Gasteiger partial charge in [0.05, 0.1) is 44.1 Å². The first-order valence-corrected chi connectivity index (χ1v) is 29.5. The van der Waals surface area contributed by atoms with Crippen LogP contribution in [0.15, 0.2) is 248 Å². The number of rotatable bonds is 11. The Hall–Kier alpha value is -8.67. The van der Waals surface area contributed by atoms with Crippen molar-refractivity contribution in [3.8, 4) is 50.9 Å². The Labute approximate surface area is 544 Å². The maximum Gasteiger partial charge on any atom is 0.268 e. The minimum absolute atomic E-state index is 0. The van der Waals surface area contributed by atoms with E-state index in [1.165, 1.54) is 12.1 Å². The fourth-order valence-electron chi connectivity index (χ4n) is 11.1. The van der Waals surface area contributed by atoms with Crippen LogP contribution in [0.1, 0.15) is 106 Å². The van der Waals surface area contributed by atoms with Crippen LogP contribution in [0.3, 0.4) is 0 Å². The summed E-state index contributed by atoms with van der Waals surface area (Å²) in [5.41, 5.74) is 3.91. The Morgan fingerprint density at radius 1 is 0.494 bits per heavy atom. The average molecular weight is 1320 g/mol. The van der Waals surface area contributed by atoms with Crippen LogP contribution in [0.2, 0.25) is 0 Å². The smallest absolute Gasteiger partial charge is 0.268 e. The van der Waals surface area contributed by atoms with E-state index in [1.54, 1.807) is 66.4 Å². The monoisotopic (exact) mass is 1320 g/mol. The molecule has 0 saturated carbocycles. The third-order valence-corrected chi connectivity index (χ3v) is 19.5. The van der Waals surface area contributed by atoms with Gasteiger partial charge >= 0.3 is 0 Å². The summed E-state index contributed by atoms with van der Waals surface area (Å²) in [5.74, 6) is 1.19. The van der Waals surface area contributed by atoms with Crippen LogP contribution < -0.4 is 30.1 Å². The molecule has 7 heteroatoms. The van der Waals surface area contributed by atoms with Crippen molar-refractivity contribution >= 4 is 61.7 Å². The quantitative estimate of drug-likeness (QED) is 0.0560. The van der Waals surface area contributed by atoms with E-state index >= 15 is 0 Å². The molecule has 85 heavy (non-hydrogen) atoms. The number of para-hydroxylation sites is 1. The average Bonchev–Trinajstić information content (AvgIpc) is 1.56. The first-order chi connectivity index (χ1) is 48.8. The van der Waals surface area contributed by atoms with E-state index in [1.807, 2.05) is 77.4 Å². The van der Waals surface area contributed by atoms with E-state index in [9.17, 15) is 19.2 Å². The van der Waals surface area contributed by atoms with Gasteiger partial charge in [-0.15, -0.1) is 29.7 Å². The van der Waals surface area contributed by atoms with Crippen LogP contribution in [-0.4, -0.2) is 22.2 Å². The molecule has 0 saturated heterocycles. The van der Waals surface area contributed by atoms with Gasteiger partial charge in [0.1, 0.15) is 5.82 Å². The summed E-state index contributed by atoms with van der Waals surface area (Å²) < 4.78 is 203. The molecule has 0 amide bonds. The molecule has 0 unspecified atom stereocenters. The van der Waals surface area contributed by atoms with Gasteiger partial charge in [-0.2, -0.15) is 18.2 Å². The van der Waals surface area contributed by atoms with Gasteiger partial charge in [0.25, 0.3) is 6.33 Å². The van der Waals surface area contributed by atoms with Gasteiger partial charge in [0, 0.05) is 44.3 Å². The second kappa shape index (κ2) is 22.4. The predicted octanol–water partition coefficient (Wildman–Crippen LogP) is 16.2. The van der Waals surface area contributed by atoms with Crippen LogP contribution in [0, 0.1) is 18.5 Å². The summed E-state index contributed by atoms with van der Waals surface area (Å²) >= 11 is 0. The zero-order valence-corrected chi connectivity index (χ0v) is 51.4. The summed E-state index contributed by atoms with van der Waals surface area (Å²) in [6.07, 6.45) is 5.36. The first-order valence-electron chi connectivity index (χ1n) is 37.5. The second-order valence-corrected chi connectivity index (χ2v) is 27.4. The molecule has 0 aliphatic heterocycles. The summed E-state index contributed by atoms with van der Waals surface area (Å²) in [4.78, 5) is 4.85. The molecule has 5 nitrogen and oxygen atoms in total. The Kier molecular flexibility index (Phi) is 9.90. The first kappa shape index (κ1) is 37.6. The third kappa shape index (κ3) is 10.5. The van der Waals surface area contributed by atoms with Crippen molar-refractivity contribution in [2.45, 2.75) is 78.6 Å². The van der Waals surface area contributed by atoms with Gasteiger partial charge in [-0.05, 0) is 111 Å². The summed E-state index contributed by atoms with van der Waals surface area (Å²) in [7, 11) is -6.20. The summed E-state index contributed by atoms with van der Waals surface area (Å²) in [6.45, 7) is 18.0. The predicted molar refractivity (Wildman–Crippen MR) is 351 cm³/mol. The van der Waals surface area contributed by atoms with Gasteiger partial charge in [-0.3, -0.25) is 4.57 Å². The molecule has 0 aliphatic carbocycles. The van der Waals surface area contributed by atoms with Gasteiger partial charge in [0.15, 0.2) is 8.07 Å². The van der Waals surface area contributed by atoms with Gasteiger partial charge < -0.3 is 13.9 Å². The Balaban J connectivity index is 0.0000104. The maximum atomic E-state index is 10.2. The zero-order valence-electron chi connectivity index (χ0n) is 68.1. The van der Waals surface area contributed by atoms with Gasteiger partial charge in [-0.1, -0.05) is 255 Å². The Morgan fingerprint density at radius 2 is 1.09 bits per heavy atom. The Bertz CT molecular complexity index is 5530. The summed E-state index contributed by atoms with van der Waals surface area (Å²) in [6, 6.07) is 25.6. The number of imidazole rings is 1. The van der Waals surface area contributed by atoms with Crippen molar-refractivity contribution in [1.82, 2.24) is 14.1 Å². The molecule has 0 radical (unpaired) electrons. The van der Waals surface area contributed by atoms with Crippen LogP contribution in [-0.2, 0) is 37.3 Å². The Morgan fingerprint density at radius 3 is 1.72 bits per heavy atom. The molecule has 0 atom stereocenters. The van der Waals surface area contributed by atoms with E-state index in [0.29, 0.717) is 33.9 Å². The molecule has 0 spiro atoms. The number of hydrogen-bond acceptors (Lipinski definition) is 2. The van der Waals surface area contributed by atoms with E-state index in [-0.39, 0.29) is 65.2 Å². The van der Waals surface area contributed by atoms with Crippen molar-refractivity contribution < 1.29 is 57.8 Å². The molecular weight excluding hydrogens is 1230 g/mol. The van der Waals surface area contributed by atoms with Crippen molar-refractivity contribution in [3.63, 3.8) is 0 Å². The molecule has 0 N–H and O–H groups in total. The van der Waals surface area contributed by atoms with E-state index < -0.39 is 155 Å². The number of nitrogens with zero attached hydrogens (tertiary/aromatic N) is 4. The van der Waals surface area contributed by atoms with Crippen molar-refractivity contribution in [2.24, 2.45) is 0 Å². The molecular formula is C78H68N4OPtSi-2. The number of benzene rings is 10. The van der Waals surface area contributed by atoms with E-state index in [0.717, 1.165) is 33.0 Å². The van der Waals surface area contributed by atoms with Crippen molar-refractivity contribution in [3.05, 3.63) is 284 Å².